The minimum absolute atomic E-state index is 0.0617. The Labute approximate surface area is 92.6 Å². The number of carbonyl (C=O) groups excluding carboxylic acids is 1. The van der Waals surface area contributed by atoms with Gasteiger partial charge in [-0.2, -0.15) is 12.6 Å². The van der Waals surface area contributed by atoms with Crippen molar-refractivity contribution in [2.45, 2.75) is 12.2 Å². The van der Waals surface area contributed by atoms with Crippen LogP contribution in [0.3, 0.4) is 0 Å². The van der Waals surface area contributed by atoms with Crippen LogP contribution in [-0.4, -0.2) is 33.5 Å². The summed E-state index contributed by atoms with van der Waals surface area (Å²) >= 11 is 3.84. The van der Waals surface area contributed by atoms with Crippen LogP contribution in [0.2, 0.25) is 0 Å². The molecule has 5 heteroatoms. The quantitative estimate of drug-likeness (QED) is 0.448. The predicted molar refractivity (Wildman–Crippen MR) is 58.3 cm³/mol. The van der Waals surface area contributed by atoms with Gasteiger partial charge in [0.25, 0.3) is 0 Å². The van der Waals surface area contributed by atoms with Crippen LogP contribution in [0.5, 0.6) is 5.75 Å². The summed E-state index contributed by atoms with van der Waals surface area (Å²) in [6.45, 7) is 0. The Morgan fingerprint density at radius 3 is 2.60 bits per heavy atom. The molecule has 0 spiro atoms. The number of phenols is 1. The average molecular weight is 228 g/mol. The number of phenolic OH excluding ortho intramolecular Hbond substituents is 1. The lowest BCUT2D eigenvalue weighted by Gasteiger charge is -2.17. The first kappa shape index (κ1) is 12.0. The summed E-state index contributed by atoms with van der Waals surface area (Å²) in [6.07, 6.45) is -1.70. The number of thiol groups is 1. The van der Waals surface area contributed by atoms with E-state index >= 15 is 0 Å². The molecule has 0 aliphatic heterocycles. The number of aliphatic hydroxyl groups is 2. The number of aromatic hydroxyl groups is 1. The lowest BCUT2D eigenvalue weighted by atomic mass is 10.00. The molecule has 0 saturated heterocycles. The van der Waals surface area contributed by atoms with Crippen molar-refractivity contribution in [2.24, 2.45) is 0 Å². The van der Waals surface area contributed by atoms with Crippen molar-refractivity contribution >= 4 is 18.9 Å². The Morgan fingerprint density at radius 1 is 1.40 bits per heavy atom. The molecule has 0 heterocycles. The molecule has 0 aromatic heterocycles. The smallest absolute Gasteiger partial charge is 0.150 e. The van der Waals surface area contributed by atoms with E-state index in [1.54, 1.807) is 0 Å². The highest BCUT2D eigenvalue weighted by Gasteiger charge is 2.19. The summed E-state index contributed by atoms with van der Waals surface area (Å²) in [5.74, 6) is 0.0220. The van der Waals surface area contributed by atoms with Crippen LogP contribution in [0.25, 0.3) is 0 Å². The molecule has 0 aliphatic rings. The molecule has 2 atom stereocenters. The van der Waals surface area contributed by atoms with E-state index < -0.39 is 12.2 Å². The largest absolute Gasteiger partial charge is 0.508 e. The Morgan fingerprint density at radius 2 is 2.07 bits per heavy atom. The fraction of sp³-hybridized carbons (Fsp3) is 0.300. The van der Waals surface area contributed by atoms with E-state index in [-0.39, 0.29) is 22.6 Å². The van der Waals surface area contributed by atoms with Gasteiger partial charge in [0.2, 0.25) is 0 Å². The zero-order chi connectivity index (χ0) is 11.4. The number of carbonyl (C=O) groups is 1. The monoisotopic (exact) mass is 228 g/mol. The highest BCUT2D eigenvalue weighted by atomic mass is 32.1. The van der Waals surface area contributed by atoms with Crippen LogP contribution in [0, 0.1) is 0 Å². The second-order valence-corrected chi connectivity index (χ2v) is 3.49. The third kappa shape index (κ3) is 2.71. The van der Waals surface area contributed by atoms with Crippen LogP contribution in [0.15, 0.2) is 18.2 Å². The number of benzene rings is 1. The van der Waals surface area contributed by atoms with Gasteiger partial charge < -0.3 is 15.3 Å². The van der Waals surface area contributed by atoms with Gasteiger partial charge in [0.15, 0.2) is 6.29 Å². The first-order valence-electron chi connectivity index (χ1n) is 4.35. The minimum Gasteiger partial charge on any atom is -0.508 e. The van der Waals surface area contributed by atoms with Crippen molar-refractivity contribution in [3.05, 3.63) is 29.3 Å². The Balaban J connectivity index is 3.07. The summed E-state index contributed by atoms with van der Waals surface area (Å²) in [6, 6.07) is 3.98. The standard InChI is InChI=1S/C10H12O4S/c11-4-6-3-7(12)1-2-8(6)10(14)9(13)5-15/h1-4,9-10,12-15H,5H2. The minimum atomic E-state index is -1.18. The van der Waals surface area contributed by atoms with Crippen LogP contribution in [-0.2, 0) is 0 Å². The van der Waals surface area contributed by atoms with Gasteiger partial charge in [-0.1, -0.05) is 6.07 Å². The molecule has 0 saturated carbocycles. The van der Waals surface area contributed by atoms with Crippen molar-refractivity contribution in [1.29, 1.82) is 0 Å². The molecule has 82 valence electrons. The number of aliphatic hydroxyl groups excluding tert-OH is 2. The lowest BCUT2D eigenvalue weighted by Crippen LogP contribution is -2.20. The maximum Gasteiger partial charge on any atom is 0.150 e. The molecule has 1 aromatic rings. The molecule has 0 fully saturated rings. The fourth-order valence-electron chi connectivity index (χ4n) is 1.24. The van der Waals surface area contributed by atoms with Gasteiger partial charge in [-0.25, -0.2) is 0 Å². The first-order chi connectivity index (χ1) is 7.10. The van der Waals surface area contributed by atoms with Crippen molar-refractivity contribution in [3.8, 4) is 5.75 Å². The van der Waals surface area contributed by atoms with E-state index in [0.29, 0.717) is 6.29 Å². The molecule has 4 nitrogen and oxygen atoms in total. The lowest BCUT2D eigenvalue weighted by molar-refractivity contribution is 0.0333. The van der Waals surface area contributed by atoms with E-state index in [9.17, 15) is 15.0 Å². The van der Waals surface area contributed by atoms with E-state index in [1.807, 2.05) is 0 Å². The highest BCUT2D eigenvalue weighted by molar-refractivity contribution is 7.80. The van der Waals surface area contributed by atoms with Crippen LogP contribution < -0.4 is 0 Å². The molecule has 3 N–H and O–H groups in total. The summed E-state index contributed by atoms with van der Waals surface area (Å²) in [7, 11) is 0. The zero-order valence-corrected chi connectivity index (χ0v) is 8.76. The highest BCUT2D eigenvalue weighted by Crippen LogP contribution is 2.24. The Kier molecular flexibility index (Phi) is 4.14. The molecule has 2 unspecified atom stereocenters. The van der Waals surface area contributed by atoms with Crippen molar-refractivity contribution in [1.82, 2.24) is 0 Å². The number of hydrogen-bond donors (Lipinski definition) is 4. The second kappa shape index (κ2) is 5.16. The normalized spacial score (nSPS) is 14.6. The summed E-state index contributed by atoms with van der Waals surface area (Å²) in [5, 5.41) is 28.1. The van der Waals surface area contributed by atoms with Gasteiger partial charge in [0, 0.05) is 11.3 Å². The number of aldehydes is 1. The molecular weight excluding hydrogens is 216 g/mol. The van der Waals surface area contributed by atoms with Gasteiger partial charge in [-0.3, -0.25) is 4.79 Å². The fourth-order valence-corrected chi connectivity index (χ4v) is 1.44. The van der Waals surface area contributed by atoms with E-state index in [4.69, 9.17) is 5.11 Å². The molecule has 0 radical (unpaired) electrons. The van der Waals surface area contributed by atoms with E-state index in [2.05, 4.69) is 12.6 Å². The molecule has 0 aliphatic carbocycles. The van der Waals surface area contributed by atoms with Crippen molar-refractivity contribution in [2.75, 3.05) is 5.75 Å². The van der Waals surface area contributed by atoms with Gasteiger partial charge in [0.1, 0.15) is 11.9 Å². The molecule has 1 rings (SSSR count). The van der Waals surface area contributed by atoms with Crippen molar-refractivity contribution in [3.63, 3.8) is 0 Å². The zero-order valence-electron chi connectivity index (χ0n) is 7.87. The maximum absolute atomic E-state index is 10.7. The second-order valence-electron chi connectivity index (χ2n) is 3.13. The van der Waals surface area contributed by atoms with E-state index in [0.717, 1.165) is 0 Å². The predicted octanol–water partition coefficient (Wildman–Crippen LogP) is 0.529. The van der Waals surface area contributed by atoms with E-state index in [1.165, 1.54) is 18.2 Å². The summed E-state index contributed by atoms with van der Waals surface area (Å²) in [4.78, 5) is 10.7. The van der Waals surface area contributed by atoms with Gasteiger partial charge in [-0.05, 0) is 17.7 Å². The van der Waals surface area contributed by atoms with Crippen LogP contribution in [0.4, 0.5) is 0 Å². The van der Waals surface area contributed by atoms with Gasteiger partial charge in [0.05, 0.1) is 6.10 Å². The molecule has 15 heavy (non-hydrogen) atoms. The number of hydrogen-bond acceptors (Lipinski definition) is 5. The molecule has 1 aromatic carbocycles. The topological polar surface area (TPSA) is 77.8 Å². The average Bonchev–Trinajstić information content (AvgIpc) is 2.26. The third-order valence-electron chi connectivity index (χ3n) is 2.07. The maximum atomic E-state index is 10.7. The number of rotatable bonds is 4. The third-order valence-corrected chi connectivity index (χ3v) is 2.44. The van der Waals surface area contributed by atoms with Crippen molar-refractivity contribution < 1.29 is 20.1 Å². The summed E-state index contributed by atoms with van der Waals surface area (Å²) < 4.78 is 0. The van der Waals surface area contributed by atoms with Gasteiger partial charge in [-0.15, -0.1) is 0 Å². The Hall–Kier alpha value is -1.04. The SMILES string of the molecule is O=Cc1cc(O)ccc1C(O)C(O)CS. The van der Waals surface area contributed by atoms with Gasteiger partial charge >= 0.3 is 0 Å². The first-order valence-corrected chi connectivity index (χ1v) is 4.98. The van der Waals surface area contributed by atoms with Crippen LogP contribution in [0.1, 0.15) is 22.0 Å². The summed E-state index contributed by atoms with van der Waals surface area (Å²) in [5.41, 5.74) is 0.438. The molecule has 0 bridgehead atoms. The molecular formula is C10H12O4S. The van der Waals surface area contributed by atoms with Crippen LogP contribution >= 0.6 is 12.6 Å². The Bertz CT molecular complexity index is 353. The molecule has 0 amide bonds.